The van der Waals surface area contributed by atoms with Crippen molar-refractivity contribution in [2.24, 2.45) is 29.6 Å². The highest BCUT2D eigenvalue weighted by atomic mass is 16.6. The van der Waals surface area contributed by atoms with Crippen molar-refractivity contribution in [2.75, 3.05) is 6.61 Å². The predicted octanol–water partition coefficient (Wildman–Crippen LogP) is 3.41. The number of fused-ring (bicyclic) bond motifs is 9. The Morgan fingerprint density at radius 1 is 0.926 bits per heavy atom. The minimum absolute atomic E-state index is 0.0103. The lowest BCUT2D eigenvalue weighted by atomic mass is 9.69. The van der Waals surface area contributed by atoms with Crippen LogP contribution in [0.25, 0.3) is 0 Å². The van der Waals surface area contributed by atoms with Crippen LogP contribution in [0.5, 0.6) is 0 Å². The van der Waals surface area contributed by atoms with Crippen LogP contribution in [0.3, 0.4) is 0 Å². The van der Waals surface area contributed by atoms with Crippen molar-refractivity contribution >= 4 is 11.9 Å². The number of hydrogen-bond donors (Lipinski definition) is 0. The van der Waals surface area contributed by atoms with E-state index in [4.69, 9.17) is 14.2 Å². The van der Waals surface area contributed by atoms with E-state index in [0.717, 1.165) is 32.1 Å². The molecule has 0 aromatic carbocycles. The van der Waals surface area contributed by atoms with Crippen LogP contribution in [-0.2, 0) is 23.8 Å². The number of allylic oxidation sites excluding steroid dienone is 2. The van der Waals surface area contributed by atoms with Crippen molar-refractivity contribution in [3.63, 3.8) is 0 Å². The van der Waals surface area contributed by atoms with Gasteiger partial charge >= 0.3 is 11.9 Å². The van der Waals surface area contributed by atoms with Crippen LogP contribution in [0.15, 0.2) is 12.2 Å². The summed E-state index contributed by atoms with van der Waals surface area (Å²) in [5, 5.41) is 0. The molecule has 5 aliphatic rings. The molecule has 0 radical (unpaired) electrons. The third-order valence-electron chi connectivity index (χ3n) is 7.59. The Balaban J connectivity index is 1.11. The smallest absolute Gasteiger partial charge is 0.344 e. The number of rotatable bonds is 4. The minimum Gasteiger partial charge on any atom is -0.460 e. The number of carbonyl (C=O) groups excluding carboxylic acids is 2. The Morgan fingerprint density at radius 2 is 1.63 bits per heavy atom. The summed E-state index contributed by atoms with van der Waals surface area (Å²) in [6.45, 7) is -0.261. The Kier molecular flexibility index (Phi) is 4.75. The first-order chi connectivity index (χ1) is 13.2. The Bertz CT molecular complexity index is 620. The quantitative estimate of drug-likeness (QED) is 0.557. The maximum Gasteiger partial charge on any atom is 0.344 e. The van der Waals surface area contributed by atoms with Crippen molar-refractivity contribution in [1.82, 2.24) is 0 Å². The van der Waals surface area contributed by atoms with E-state index in [2.05, 4.69) is 12.2 Å². The van der Waals surface area contributed by atoms with Crippen molar-refractivity contribution in [3.8, 4) is 0 Å². The van der Waals surface area contributed by atoms with Crippen LogP contribution in [0.2, 0.25) is 0 Å². The van der Waals surface area contributed by atoms with Gasteiger partial charge in [-0.25, -0.2) is 4.79 Å². The lowest BCUT2D eigenvalue weighted by molar-refractivity contribution is -0.166. The molecule has 0 aromatic heterocycles. The third-order valence-corrected chi connectivity index (χ3v) is 7.59. The molecule has 0 N–H and O–H groups in total. The van der Waals surface area contributed by atoms with Crippen LogP contribution >= 0.6 is 0 Å². The van der Waals surface area contributed by atoms with Crippen LogP contribution in [-0.4, -0.2) is 36.9 Å². The maximum atomic E-state index is 12.6. The monoisotopic (exact) mass is 374 g/mol. The van der Waals surface area contributed by atoms with Gasteiger partial charge in [0.05, 0.1) is 18.1 Å². The molecule has 0 spiro atoms. The molecule has 5 rings (SSSR count). The van der Waals surface area contributed by atoms with Gasteiger partial charge in [0, 0.05) is 0 Å². The van der Waals surface area contributed by atoms with E-state index < -0.39 is 5.97 Å². The Morgan fingerprint density at radius 3 is 2.41 bits per heavy atom. The summed E-state index contributed by atoms with van der Waals surface area (Å²) in [6, 6.07) is 0. The van der Waals surface area contributed by atoms with Crippen LogP contribution in [0.1, 0.15) is 57.8 Å². The van der Waals surface area contributed by atoms with Gasteiger partial charge in [-0.05, 0) is 62.2 Å². The summed E-state index contributed by atoms with van der Waals surface area (Å²) in [5.74, 6) is 1.39. The van der Waals surface area contributed by atoms with Crippen molar-refractivity contribution in [2.45, 2.75) is 76.1 Å². The third kappa shape index (κ3) is 3.22. The summed E-state index contributed by atoms with van der Waals surface area (Å²) in [4.78, 5) is 24.7. The minimum atomic E-state index is -0.404. The SMILES string of the molecule is O=C(COC(=O)C1CC2OC1C1C3C=CC(C3)C21)OC1CCCCCCC1. The molecule has 0 aromatic rings. The molecule has 7 atom stereocenters. The average Bonchev–Trinajstić information content (AvgIpc) is 3.40. The van der Waals surface area contributed by atoms with Gasteiger partial charge in [-0.3, -0.25) is 4.79 Å². The second kappa shape index (κ2) is 7.23. The number of carbonyl (C=O) groups is 2. The molecule has 2 saturated heterocycles. The van der Waals surface area contributed by atoms with Crippen LogP contribution < -0.4 is 0 Å². The highest BCUT2D eigenvalue weighted by molar-refractivity contribution is 5.78. The molecule has 7 unspecified atom stereocenters. The van der Waals surface area contributed by atoms with E-state index >= 15 is 0 Å². The van der Waals surface area contributed by atoms with Gasteiger partial charge in [-0.15, -0.1) is 0 Å². The topological polar surface area (TPSA) is 61.8 Å². The van der Waals surface area contributed by atoms with Gasteiger partial charge in [0.1, 0.15) is 6.10 Å². The molecule has 2 aliphatic heterocycles. The fourth-order valence-corrected chi connectivity index (χ4v) is 6.45. The van der Waals surface area contributed by atoms with Gasteiger partial charge in [0.2, 0.25) is 0 Å². The lowest BCUT2D eigenvalue weighted by Gasteiger charge is -2.32. The van der Waals surface area contributed by atoms with Gasteiger partial charge in [-0.2, -0.15) is 0 Å². The molecule has 2 saturated carbocycles. The summed E-state index contributed by atoms with van der Waals surface area (Å²) in [6.07, 6.45) is 14.6. The lowest BCUT2D eigenvalue weighted by Crippen LogP contribution is -2.40. The molecule has 148 valence electrons. The predicted molar refractivity (Wildman–Crippen MR) is 97.6 cm³/mol. The van der Waals surface area contributed by atoms with Gasteiger partial charge < -0.3 is 14.2 Å². The highest BCUT2D eigenvalue weighted by Crippen LogP contribution is 2.61. The molecule has 3 aliphatic carbocycles. The number of ether oxygens (including phenoxy) is 3. The first-order valence-electron chi connectivity index (χ1n) is 10.9. The van der Waals surface area contributed by atoms with Crippen molar-refractivity contribution in [3.05, 3.63) is 12.2 Å². The first-order valence-corrected chi connectivity index (χ1v) is 10.9. The second-order valence-electron chi connectivity index (χ2n) is 9.15. The van der Waals surface area contributed by atoms with Crippen molar-refractivity contribution in [1.29, 1.82) is 0 Å². The molecule has 27 heavy (non-hydrogen) atoms. The molecule has 5 heteroatoms. The second-order valence-corrected chi connectivity index (χ2v) is 9.15. The van der Waals surface area contributed by atoms with E-state index in [9.17, 15) is 9.59 Å². The molecule has 4 bridgehead atoms. The first kappa shape index (κ1) is 17.7. The zero-order chi connectivity index (χ0) is 18.4. The largest absolute Gasteiger partial charge is 0.460 e. The van der Waals surface area contributed by atoms with E-state index in [0.29, 0.717) is 23.7 Å². The number of esters is 2. The molecule has 5 nitrogen and oxygen atoms in total. The molecular formula is C22H30O5. The van der Waals surface area contributed by atoms with E-state index in [1.165, 1.54) is 25.7 Å². The molecular weight excluding hydrogens is 344 g/mol. The molecule has 0 amide bonds. The highest BCUT2D eigenvalue weighted by Gasteiger charge is 2.64. The van der Waals surface area contributed by atoms with Gasteiger partial charge in [0.25, 0.3) is 0 Å². The maximum absolute atomic E-state index is 12.6. The Labute approximate surface area is 160 Å². The van der Waals surface area contributed by atoms with Gasteiger partial charge in [0.15, 0.2) is 6.61 Å². The van der Waals surface area contributed by atoms with Crippen molar-refractivity contribution < 1.29 is 23.8 Å². The zero-order valence-electron chi connectivity index (χ0n) is 15.9. The average molecular weight is 374 g/mol. The van der Waals surface area contributed by atoms with Gasteiger partial charge in [-0.1, -0.05) is 31.4 Å². The number of hydrogen-bond acceptors (Lipinski definition) is 5. The van der Waals surface area contributed by atoms with Crippen LogP contribution in [0.4, 0.5) is 0 Å². The summed E-state index contributed by atoms with van der Waals surface area (Å²) >= 11 is 0. The standard InChI is InChI=1S/C22H30O5/c23-18(26-15-6-4-2-1-3-5-7-15)12-25-22(24)16-11-17-19-13-8-9-14(10-13)20(19)21(16)27-17/h8-9,13-17,19-21H,1-7,10-12H2. The Hall–Kier alpha value is -1.36. The normalized spacial score (nSPS) is 42.6. The van der Waals surface area contributed by atoms with E-state index in [1.54, 1.807) is 0 Å². The van der Waals surface area contributed by atoms with E-state index in [-0.39, 0.29) is 36.8 Å². The zero-order valence-corrected chi connectivity index (χ0v) is 15.9. The fraction of sp³-hybridized carbons (Fsp3) is 0.818. The summed E-state index contributed by atoms with van der Waals surface area (Å²) in [7, 11) is 0. The fourth-order valence-electron chi connectivity index (χ4n) is 6.45. The van der Waals surface area contributed by atoms with Crippen LogP contribution in [0, 0.1) is 29.6 Å². The molecule has 4 fully saturated rings. The summed E-state index contributed by atoms with van der Waals surface area (Å²) < 4.78 is 17.1. The van der Waals surface area contributed by atoms with E-state index in [1.807, 2.05) is 0 Å². The molecule has 2 heterocycles. The summed E-state index contributed by atoms with van der Waals surface area (Å²) in [5.41, 5.74) is 0.